The SMILES string of the molecule is CO[C@H](c1ccc(C(F)(F)F)cc1CN1C(=O)O[C@H](c2cc(C(F)(F)F)cc(C(F)(F)F)c2)[C@@H]1C)C1CCCCC1. The van der Waals surface area contributed by atoms with Crippen LogP contribution >= 0.6 is 0 Å². The number of carbonyl (C=O) groups excluding carboxylic acids is 1. The van der Waals surface area contributed by atoms with Gasteiger partial charge in [0.05, 0.1) is 28.8 Å². The summed E-state index contributed by atoms with van der Waals surface area (Å²) in [5, 5.41) is 0. The van der Waals surface area contributed by atoms with Crippen LogP contribution in [0.4, 0.5) is 44.3 Å². The lowest BCUT2D eigenvalue weighted by atomic mass is 9.81. The molecule has 1 aliphatic heterocycles. The van der Waals surface area contributed by atoms with E-state index >= 15 is 0 Å². The van der Waals surface area contributed by atoms with Crippen LogP contribution in [0.3, 0.4) is 0 Å². The summed E-state index contributed by atoms with van der Waals surface area (Å²) < 4.78 is 132. The standard InChI is InChI=1S/C28H28F9NO3/c1-15-23(17-10-20(27(32,33)34)13-21(11-17)28(35,36)37)41-25(39)38(15)14-18-12-19(26(29,30)31)8-9-22(18)24(40-2)16-6-4-3-5-7-16/h8-13,15-16,23-24H,3-7,14H2,1-2H3/t15-,23-,24-/m0/s1. The number of benzene rings is 2. The highest BCUT2D eigenvalue weighted by atomic mass is 19.4. The van der Waals surface area contributed by atoms with Crippen molar-refractivity contribution in [3.05, 3.63) is 69.8 Å². The molecule has 0 bridgehead atoms. The van der Waals surface area contributed by atoms with E-state index in [1.165, 1.54) is 20.1 Å². The molecule has 2 aromatic carbocycles. The first-order valence-corrected chi connectivity index (χ1v) is 13.0. The minimum absolute atomic E-state index is 0.0193. The summed E-state index contributed by atoms with van der Waals surface area (Å²) in [6, 6.07) is 2.93. The van der Waals surface area contributed by atoms with Gasteiger partial charge in [-0.3, -0.25) is 4.90 Å². The molecule has 1 heterocycles. The third-order valence-electron chi connectivity index (χ3n) is 7.78. The highest BCUT2D eigenvalue weighted by molar-refractivity contribution is 5.71. The zero-order chi connectivity index (χ0) is 30.3. The van der Waals surface area contributed by atoms with Crippen molar-refractivity contribution in [3.63, 3.8) is 0 Å². The maximum Gasteiger partial charge on any atom is 0.416 e. The lowest BCUT2D eigenvalue weighted by Crippen LogP contribution is -2.32. The molecule has 1 amide bonds. The summed E-state index contributed by atoms with van der Waals surface area (Å²) in [4.78, 5) is 13.9. The average Bonchev–Trinajstić information content (AvgIpc) is 3.17. The molecule has 1 aliphatic carbocycles. The van der Waals surface area contributed by atoms with Crippen LogP contribution < -0.4 is 0 Å². The molecule has 13 heteroatoms. The second-order valence-corrected chi connectivity index (χ2v) is 10.5. The van der Waals surface area contributed by atoms with Gasteiger partial charge in [0, 0.05) is 13.7 Å². The first-order chi connectivity index (χ1) is 19.0. The number of methoxy groups -OCH3 is 1. The van der Waals surface area contributed by atoms with Crippen LogP contribution in [0.5, 0.6) is 0 Å². The van der Waals surface area contributed by atoms with Crippen molar-refractivity contribution in [3.8, 4) is 0 Å². The molecule has 226 valence electrons. The van der Waals surface area contributed by atoms with Crippen LogP contribution in [0.15, 0.2) is 36.4 Å². The quantitative estimate of drug-likeness (QED) is 0.312. The molecule has 0 unspecified atom stereocenters. The Kier molecular flexibility index (Phi) is 8.60. The molecule has 1 saturated carbocycles. The van der Waals surface area contributed by atoms with E-state index in [9.17, 15) is 44.3 Å². The minimum atomic E-state index is -5.11. The summed E-state index contributed by atoms with van der Waals surface area (Å²) >= 11 is 0. The van der Waals surface area contributed by atoms with E-state index in [0.29, 0.717) is 17.7 Å². The Labute approximate surface area is 230 Å². The first-order valence-electron chi connectivity index (χ1n) is 13.0. The number of halogens is 9. The van der Waals surface area contributed by atoms with Gasteiger partial charge < -0.3 is 9.47 Å². The second kappa shape index (κ2) is 11.4. The molecule has 0 aromatic heterocycles. The van der Waals surface area contributed by atoms with Crippen LogP contribution in [0.2, 0.25) is 0 Å². The highest BCUT2D eigenvalue weighted by Crippen LogP contribution is 2.43. The number of nitrogens with zero attached hydrogens (tertiary/aromatic N) is 1. The zero-order valence-electron chi connectivity index (χ0n) is 22.1. The minimum Gasteiger partial charge on any atom is -0.439 e. The van der Waals surface area contributed by atoms with Crippen LogP contribution in [-0.2, 0) is 34.5 Å². The number of carbonyl (C=O) groups is 1. The van der Waals surface area contributed by atoms with Gasteiger partial charge in [-0.15, -0.1) is 0 Å². The fourth-order valence-corrected chi connectivity index (χ4v) is 5.69. The molecule has 41 heavy (non-hydrogen) atoms. The Morgan fingerprint density at radius 2 is 1.41 bits per heavy atom. The van der Waals surface area contributed by atoms with Gasteiger partial charge in [0.25, 0.3) is 0 Å². The first kappa shape index (κ1) is 31.0. The fraction of sp³-hybridized carbons (Fsp3) is 0.536. The lowest BCUT2D eigenvalue weighted by molar-refractivity contribution is -0.143. The van der Waals surface area contributed by atoms with E-state index in [1.807, 2.05) is 0 Å². The van der Waals surface area contributed by atoms with E-state index in [0.717, 1.165) is 49.1 Å². The number of alkyl halides is 9. The number of rotatable bonds is 6. The van der Waals surface area contributed by atoms with E-state index in [1.54, 1.807) is 0 Å². The lowest BCUT2D eigenvalue weighted by Gasteiger charge is -2.32. The van der Waals surface area contributed by atoms with Gasteiger partial charge in [-0.25, -0.2) is 4.79 Å². The monoisotopic (exact) mass is 597 g/mol. The van der Waals surface area contributed by atoms with Gasteiger partial charge in [-0.2, -0.15) is 39.5 Å². The predicted octanol–water partition coefficient (Wildman–Crippen LogP) is 9.09. The molecule has 0 N–H and O–H groups in total. The number of hydrogen-bond acceptors (Lipinski definition) is 3. The Balaban J connectivity index is 1.71. The maximum absolute atomic E-state index is 13.6. The Morgan fingerprint density at radius 1 is 0.854 bits per heavy atom. The molecular weight excluding hydrogens is 569 g/mol. The summed E-state index contributed by atoms with van der Waals surface area (Å²) in [6.07, 6.45) is -13.6. The predicted molar refractivity (Wildman–Crippen MR) is 128 cm³/mol. The summed E-state index contributed by atoms with van der Waals surface area (Å²) in [5.74, 6) is 0.0193. The number of hydrogen-bond donors (Lipinski definition) is 0. The Morgan fingerprint density at radius 3 is 1.93 bits per heavy atom. The topological polar surface area (TPSA) is 38.8 Å². The molecule has 2 aromatic rings. The van der Waals surface area contributed by atoms with Crippen molar-refractivity contribution in [2.24, 2.45) is 5.92 Å². The zero-order valence-corrected chi connectivity index (χ0v) is 22.1. The summed E-state index contributed by atoms with van der Waals surface area (Å²) in [6.45, 7) is 0.929. The molecule has 4 rings (SSSR count). The fourth-order valence-electron chi connectivity index (χ4n) is 5.69. The molecule has 2 aliphatic rings. The van der Waals surface area contributed by atoms with Gasteiger partial charge in [0.15, 0.2) is 0 Å². The van der Waals surface area contributed by atoms with Crippen molar-refractivity contribution >= 4 is 6.09 Å². The largest absolute Gasteiger partial charge is 0.439 e. The molecular formula is C28H28F9NO3. The van der Waals surface area contributed by atoms with Crippen molar-refractivity contribution in [1.82, 2.24) is 4.90 Å². The van der Waals surface area contributed by atoms with E-state index in [-0.39, 0.29) is 17.5 Å². The van der Waals surface area contributed by atoms with E-state index in [2.05, 4.69) is 0 Å². The van der Waals surface area contributed by atoms with Crippen LogP contribution in [-0.4, -0.2) is 24.1 Å². The number of ether oxygens (including phenoxy) is 2. The number of amides is 1. The molecule has 0 spiro atoms. The second-order valence-electron chi connectivity index (χ2n) is 10.5. The average molecular weight is 598 g/mol. The maximum atomic E-state index is 13.6. The van der Waals surface area contributed by atoms with E-state index < -0.39 is 71.7 Å². The molecule has 1 saturated heterocycles. The van der Waals surface area contributed by atoms with Crippen LogP contribution in [0.1, 0.15) is 84.6 Å². The van der Waals surface area contributed by atoms with Gasteiger partial charge in [0.1, 0.15) is 6.10 Å². The third kappa shape index (κ3) is 6.76. The molecule has 0 radical (unpaired) electrons. The summed E-state index contributed by atoms with van der Waals surface area (Å²) in [5.41, 5.74) is -4.12. The van der Waals surface area contributed by atoms with Crippen molar-refractivity contribution in [2.75, 3.05) is 7.11 Å². The van der Waals surface area contributed by atoms with Crippen molar-refractivity contribution in [1.29, 1.82) is 0 Å². The van der Waals surface area contributed by atoms with Crippen molar-refractivity contribution < 1.29 is 53.8 Å². The number of cyclic esters (lactones) is 1. The normalized spacial score (nSPS) is 21.7. The van der Waals surface area contributed by atoms with Crippen molar-refractivity contribution in [2.45, 2.75) is 82.4 Å². The molecule has 2 fully saturated rings. The van der Waals surface area contributed by atoms with E-state index in [4.69, 9.17) is 9.47 Å². The third-order valence-corrected chi connectivity index (χ3v) is 7.78. The van der Waals surface area contributed by atoms with Gasteiger partial charge >= 0.3 is 24.6 Å². The highest BCUT2D eigenvalue weighted by Gasteiger charge is 2.44. The van der Waals surface area contributed by atoms with Gasteiger partial charge in [0.2, 0.25) is 0 Å². The van der Waals surface area contributed by atoms with Gasteiger partial charge in [-0.05, 0) is 72.7 Å². The van der Waals surface area contributed by atoms with Crippen LogP contribution in [0.25, 0.3) is 0 Å². The Bertz CT molecular complexity index is 1220. The smallest absolute Gasteiger partial charge is 0.416 e. The Hall–Kier alpha value is -2.96. The summed E-state index contributed by atoms with van der Waals surface area (Å²) in [7, 11) is 1.44. The van der Waals surface area contributed by atoms with Crippen LogP contribution in [0, 0.1) is 5.92 Å². The van der Waals surface area contributed by atoms with Gasteiger partial charge in [-0.1, -0.05) is 25.3 Å². The molecule has 4 nitrogen and oxygen atoms in total. The molecule has 3 atom stereocenters.